The number of hydrogen-bond donors (Lipinski definition) is 2. The average molecular weight is 363 g/mol. The van der Waals surface area contributed by atoms with Crippen LogP contribution in [0.4, 0.5) is 0 Å². The highest BCUT2D eigenvalue weighted by atomic mass is 16.5. The van der Waals surface area contributed by atoms with Crippen molar-refractivity contribution in [3.05, 3.63) is 59.7 Å². The molecule has 1 saturated carbocycles. The molecule has 0 unspecified atom stereocenters. The molecule has 1 heterocycles. The number of carboxylic acids is 1. The summed E-state index contributed by atoms with van der Waals surface area (Å²) in [7, 11) is 0. The predicted molar refractivity (Wildman–Crippen MR) is 101 cm³/mol. The molecule has 27 heavy (non-hydrogen) atoms. The second-order valence-corrected chi connectivity index (χ2v) is 7.02. The molecule has 4 rings (SSSR count). The highest BCUT2D eigenvalue weighted by Gasteiger charge is 2.33. The number of hydrogen-bond acceptors (Lipinski definition) is 5. The van der Waals surface area contributed by atoms with Gasteiger partial charge in [0, 0.05) is 23.7 Å². The van der Waals surface area contributed by atoms with Crippen LogP contribution < -0.4 is 5.32 Å². The number of aliphatic carboxylic acids is 1. The standard InChI is InChI=1S/C21H21N3O3/c1-13-5-2-3-8-18(13)20-23-19(24-27-20)15-7-4-6-14(9-15)12-22-17-10-16(11-17)21(25)26/h2-9,16-17,22H,10-12H2,1H3,(H,25,26)/t16-,17+. The minimum Gasteiger partial charge on any atom is -0.481 e. The summed E-state index contributed by atoms with van der Waals surface area (Å²) in [6.07, 6.45) is 1.39. The molecule has 0 spiro atoms. The van der Waals surface area contributed by atoms with Crippen molar-refractivity contribution in [2.75, 3.05) is 0 Å². The van der Waals surface area contributed by atoms with Gasteiger partial charge in [0.15, 0.2) is 0 Å². The molecule has 0 atom stereocenters. The zero-order valence-electron chi connectivity index (χ0n) is 15.1. The third kappa shape index (κ3) is 3.75. The van der Waals surface area contributed by atoms with E-state index >= 15 is 0 Å². The van der Waals surface area contributed by atoms with E-state index in [1.54, 1.807) is 0 Å². The summed E-state index contributed by atoms with van der Waals surface area (Å²) in [5.74, 6) is 0.176. The number of aromatic nitrogens is 2. The molecular weight excluding hydrogens is 342 g/mol. The van der Waals surface area contributed by atoms with Crippen LogP contribution in [0.2, 0.25) is 0 Å². The number of carboxylic acid groups (broad SMARTS) is 1. The van der Waals surface area contributed by atoms with E-state index in [9.17, 15) is 4.79 Å². The molecule has 2 aromatic carbocycles. The normalized spacial score (nSPS) is 18.9. The van der Waals surface area contributed by atoms with E-state index in [4.69, 9.17) is 9.63 Å². The topological polar surface area (TPSA) is 88.2 Å². The van der Waals surface area contributed by atoms with Crippen molar-refractivity contribution in [1.29, 1.82) is 0 Å². The average Bonchev–Trinajstić information content (AvgIpc) is 3.10. The van der Waals surface area contributed by atoms with Crippen LogP contribution in [0.15, 0.2) is 53.1 Å². The fraction of sp³-hybridized carbons (Fsp3) is 0.286. The number of carbonyl (C=O) groups is 1. The van der Waals surface area contributed by atoms with Gasteiger partial charge >= 0.3 is 5.97 Å². The molecule has 6 heteroatoms. The smallest absolute Gasteiger partial charge is 0.306 e. The third-order valence-corrected chi connectivity index (χ3v) is 5.07. The minimum atomic E-state index is -0.698. The zero-order valence-corrected chi connectivity index (χ0v) is 15.1. The van der Waals surface area contributed by atoms with E-state index in [1.165, 1.54) is 0 Å². The summed E-state index contributed by atoms with van der Waals surface area (Å²) in [6, 6.07) is 16.2. The van der Waals surface area contributed by atoms with Crippen molar-refractivity contribution in [1.82, 2.24) is 15.5 Å². The van der Waals surface area contributed by atoms with E-state index in [2.05, 4.69) is 15.5 Å². The van der Waals surface area contributed by atoms with Gasteiger partial charge in [0.2, 0.25) is 5.82 Å². The Morgan fingerprint density at radius 1 is 1.22 bits per heavy atom. The zero-order chi connectivity index (χ0) is 18.8. The van der Waals surface area contributed by atoms with Gasteiger partial charge in [-0.25, -0.2) is 0 Å². The lowest BCUT2D eigenvalue weighted by atomic mass is 9.80. The molecule has 1 fully saturated rings. The number of benzene rings is 2. The molecule has 6 nitrogen and oxygen atoms in total. The monoisotopic (exact) mass is 363 g/mol. The van der Waals surface area contributed by atoms with Gasteiger partial charge in [0.1, 0.15) is 0 Å². The number of nitrogens with zero attached hydrogens (tertiary/aromatic N) is 2. The van der Waals surface area contributed by atoms with Gasteiger partial charge in [-0.3, -0.25) is 4.79 Å². The van der Waals surface area contributed by atoms with E-state index < -0.39 is 5.97 Å². The molecule has 1 aliphatic rings. The third-order valence-electron chi connectivity index (χ3n) is 5.07. The molecule has 0 amide bonds. The van der Waals surface area contributed by atoms with Gasteiger partial charge in [-0.1, -0.05) is 41.6 Å². The van der Waals surface area contributed by atoms with Crippen LogP contribution >= 0.6 is 0 Å². The SMILES string of the molecule is Cc1ccccc1-c1nc(-c2cccc(CN[C@H]3C[C@@H](C(=O)O)C3)c2)no1. The van der Waals surface area contributed by atoms with E-state index in [0.717, 1.165) is 22.3 Å². The van der Waals surface area contributed by atoms with E-state index in [-0.39, 0.29) is 12.0 Å². The first-order valence-electron chi connectivity index (χ1n) is 9.05. The number of nitrogens with one attached hydrogen (secondary N) is 1. The van der Waals surface area contributed by atoms with Crippen LogP contribution in [-0.2, 0) is 11.3 Å². The van der Waals surface area contributed by atoms with Gasteiger partial charge in [0.25, 0.3) is 5.89 Å². The van der Waals surface area contributed by atoms with Crippen molar-refractivity contribution in [3.63, 3.8) is 0 Å². The van der Waals surface area contributed by atoms with Crippen LogP contribution in [-0.4, -0.2) is 27.3 Å². The highest BCUT2D eigenvalue weighted by molar-refractivity contribution is 5.71. The van der Waals surface area contributed by atoms with Gasteiger partial charge in [-0.15, -0.1) is 0 Å². The Labute approximate surface area is 157 Å². The van der Waals surface area contributed by atoms with Gasteiger partial charge in [-0.2, -0.15) is 4.98 Å². The fourth-order valence-electron chi connectivity index (χ4n) is 3.33. The molecule has 1 aliphatic carbocycles. The first-order chi connectivity index (χ1) is 13.1. The maximum absolute atomic E-state index is 10.9. The fourth-order valence-corrected chi connectivity index (χ4v) is 3.33. The first kappa shape index (κ1) is 17.4. The lowest BCUT2D eigenvalue weighted by Crippen LogP contribution is -2.43. The molecule has 138 valence electrons. The van der Waals surface area contributed by atoms with Crippen LogP contribution in [0.5, 0.6) is 0 Å². The Kier molecular flexibility index (Phi) is 4.73. The van der Waals surface area contributed by atoms with Gasteiger partial charge < -0.3 is 14.9 Å². The Balaban J connectivity index is 1.44. The summed E-state index contributed by atoms with van der Waals surface area (Å²) >= 11 is 0. The van der Waals surface area contributed by atoms with Crippen LogP contribution in [0.25, 0.3) is 22.8 Å². The molecule has 0 bridgehead atoms. The molecule has 0 aliphatic heterocycles. The Hall–Kier alpha value is -2.99. The van der Waals surface area contributed by atoms with Crippen molar-refractivity contribution in [2.45, 2.75) is 32.4 Å². The molecule has 0 saturated heterocycles. The largest absolute Gasteiger partial charge is 0.481 e. The number of rotatable bonds is 6. The summed E-state index contributed by atoms with van der Waals surface area (Å²) in [5, 5.41) is 16.5. The lowest BCUT2D eigenvalue weighted by Gasteiger charge is -2.33. The lowest BCUT2D eigenvalue weighted by molar-refractivity contribution is -0.145. The highest BCUT2D eigenvalue weighted by Crippen LogP contribution is 2.28. The quantitative estimate of drug-likeness (QED) is 0.695. The summed E-state index contributed by atoms with van der Waals surface area (Å²) in [4.78, 5) is 15.4. The molecule has 2 N–H and O–H groups in total. The van der Waals surface area contributed by atoms with Crippen LogP contribution in [0.1, 0.15) is 24.0 Å². The van der Waals surface area contributed by atoms with Crippen molar-refractivity contribution in [3.8, 4) is 22.8 Å². The second-order valence-electron chi connectivity index (χ2n) is 7.02. The molecule has 3 aromatic rings. The van der Waals surface area contributed by atoms with Crippen LogP contribution in [0, 0.1) is 12.8 Å². The minimum absolute atomic E-state index is 0.201. The van der Waals surface area contributed by atoms with Gasteiger partial charge in [0.05, 0.1) is 5.92 Å². The second kappa shape index (κ2) is 7.32. The number of aryl methyl sites for hydroxylation is 1. The van der Waals surface area contributed by atoms with Gasteiger partial charge in [-0.05, 0) is 43.0 Å². The van der Waals surface area contributed by atoms with E-state index in [0.29, 0.717) is 31.1 Å². The maximum Gasteiger partial charge on any atom is 0.306 e. The maximum atomic E-state index is 10.9. The summed E-state index contributed by atoms with van der Waals surface area (Å²) < 4.78 is 5.45. The molecular formula is C21H21N3O3. The first-order valence-corrected chi connectivity index (χ1v) is 9.05. The Morgan fingerprint density at radius 2 is 2.04 bits per heavy atom. The molecule has 1 aromatic heterocycles. The van der Waals surface area contributed by atoms with E-state index in [1.807, 2.05) is 55.5 Å². The summed E-state index contributed by atoms with van der Waals surface area (Å²) in [5.41, 5.74) is 4.03. The van der Waals surface area contributed by atoms with Crippen LogP contribution in [0.3, 0.4) is 0 Å². The van der Waals surface area contributed by atoms with Crippen molar-refractivity contribution in [2.24, 2.45) is 5.92 Å². The van der Waals surface area contributed by atoms with Crippen molar-refractivity contribution >= 4 is 5.97 Å². The molecule has 0 radical (unpaired) electrons. The summed E-state index contributed by atoms with van der Waals surface area (Å²) in [6.45, 7) is 2.70. The van der Waals surface area contributed by atoms with Crippen molar-refractivity contribution < 1.29 is 14.4 Å². The Bertz CT molecular complexity index is 961. The Morgan fingerprint density at radius 3 is 2.81 bits per heavy atom. The predicted octanol–water partition coefficient (Wildman–Crippen LogP) is 3.66.